The zero-order valence-electron chi connectivity index (χ0n) is 13.1. The third kappa shape index (κ3) is 2.89. The van der Waals surface area contributed by atoms with E-state index in [1.165, 1.54) is 6.92 Å². The molecule has 3 rings (SSSR count). The highest BCUT2D eigenvalue weighted by Gasteiger charge is 2.36. The van der Waals surface area contributed by atoms with Gasteiger partial charge in [-0.1, -0.05) is 0 Å². The number of esters is 1. The normalized spacial score (nSPS) is 16.2. The Morgan fingerprint density at radius 3 is 2.42 bits per heavy atom. The molecule has 0 aliphatic carbocycles. The lowest BCUT2D eigenvalue weighted by molar-refractivity contribution is -0.137. The summed E-state index contributed by atoms with van der Waals surface area (Å²) in [5, 5.41) is 12.4. The SMILES string of the molecule is C[C@H]1OC(=O)c2[nH]c(=O)c(C(=O)Nc3ccc(C(F)(F)F)cc3)c(O)c21. The van der Waals surface area contributed by atoms with Crippen molar-refractivity contribution in [2.45, 2.75) is 19.2 Å². The quantitative estimate of drug-likeness (QED) is 0.706. The maximum absolute atomic E-state index is 12.5. The van der Waals surface area contributed by atoms with Crippen molar-refractivity contribution in [3.8, 4) is 5.75 Å². The number of pyridine rings is 1. The Morgan fingerprint density at radius 1 is 1.23 bits per heavy atom. The minimum atomic E-state index is -4.53. The monoisotopic (exact) mass is 368 g/mol. The summed E-state index contributed by atoms with van der Waals surface area (Å²) in [6.07, 6.45) is -5.40. The number of fused-ring (bicyclic) bond motifs is 1. The van der Waals surface area contributed by atoms with Crippen LogP contribution in [0.15, 0.2) is 29.1 Å². The van der Waals surface area contributed by atoms with E-state index in [1.807, 2.05) is 0 Å². The number of halogens is 3. The summed E-state index contributed by atoms with van der Waals surface area (Å²) < 4.78 is 42.5. The molecule has 1 aliphatic rings. The Morgan fingerprint density at radius 2 is 1.85 bits per heavy atom. The standard InChI is InChI=1S/C16H11F3N2O5/c1-6-9-11(15(25)26-6)21-14(24)10(12(9)22)13(23)20-8-4-2-7(3-5-8)16(17,18)19/h2-6H,1H3,(H,20,23)(H2,21,22,24)/t6-/m1/s1. The number of carbonyl (C=O) groups excluding carboxylic acids is 2. The Bertz CT molecular complexity index is 964. The van der Waals surface area contributed by atoms with E-state index in [-0.39, 0.29) is 16.9 Å². The van der Waals surface area contributed by atoms with Crippen molar-refractivity contribution in [2.24, 2.45) is 0 Å². The molecule has 7 nitrogen and oxygen atoms in total. The van der Waals surface area contributed by atoms with E-state index in [1.54, 1.807) is 0 Å². The van der Waals surface area contributed by atoms with Crippen molar-refractivity contribution in [1.29, 1.82) is 0 Å². The second-order valence-electron chi connectivity index (χ2n) is 5.54. The van der Waals surface area contributed by atoms with E-state index < -0.39 is 46.6 Å². The van der Waals surface area contributed by atoms with Crippen LogP contribution in [0.2, 0.25) is 0 Å². The molecular weight excluding hydrogens is 357 g/mol. The van der Waals surface area contributed by atoms with Gasteiger partial charge in [0.1, 0.15) is 23.1 Å². The lowest BCUT2D eigenvalue weighted by Gasteiger charge is -2.11. The molecule has 3 N–H and O–H groups in total. The molecule has 10 heteroatoms. The second kappa shape index (κ2) is 5.90. The summed E-state index contributed by atoms with van der Waals surface area (Å²) in [7, 11) is 0. The molecule has 0 unspecified atom stereocenters. The van der Waals surface area contributed by atoms with Crippen molar-refractivity contribution in [3.05, 3.63) is 57.0 Å². The number of alkyl halides is 3. The molecule has 0 bridgehead atoms. The lowest BCUT2D eigenvalue weighted by atomic mass is 10.1. The predicted molar refractivity (Wildman–Crippen MR) is 82.0 cm³/mol. The summed E-state index contributed by atoms with van der Waals surface area (Å²) in [6.45, 7) is 1.44. The van der Waals surface area contributed by atoms with Gasteiger partial charge < -0.3 is 20.1 Å². The molecule has 2 aromatic rings. The molecule has 0 fully saturated rings. The number of aromatic amines is 1. The van der Waals surface area contributed by atoms with Gasteiger partial charge in [0.15, 0.2) is 0 Å². The van der Waals surface area contributed by atoms with E-state index in [0.717, 1.165) is 24.3 Å². The highest BCUT2D eigenvalue weighted by atomic mass is 19.4. The number of aromatic nitrogens is 1. The van der Waals surface area contributed by atoms with Gasteiger partial charge in [0.2, 0.25) is 0 Å². The maximum Gasteiger partial charge on any atom is 0.416 e. The zero-order chi connectivity index (χ0) is 19.2. The number of rotatable bonds is 2. The number of carbonyl (C=O) groups is 2. The van der Waals surface area contributed by atoms with E-state index >= 15 is 0 Å². The van der Waals surface area contributed by atoms with E-state index in [0.29, 0.717) is 0 Å². The minimum absolute atomic E-state index is 0.0114. The summed E-state index contributed by atoms with van der Waals surface area (Å²) in [4.78, 5) is 38.1. The molecule has 1 aliphatic heterocycles. The number of amides is 1. The van der Waals surface area contributed by atoms with Crippen LogP contribution >= 0.6 is 0 Å². The Kier molecular flexibility index (Phi) is 3.98. The first-order valence-corrected chi connectivity index (χ1v) is 7.28. The fraction of sp³-hybridized carbons (Fsp3) is 0.188. The minimum Gasteiger partial charge on any atom is -0.506 e. The Balaban J connectivity index is 1.93. The summed E-state index contributed by atoms with van der Waals surface area (Å²) >= 11 is 0. The van der Waals surface area contributed by atoms with Gasteiger partial charge >= 0.3 is 12.1 Å². The van der Waals surface area contributed by atoms with Crippen LogP contribution in [-0.2, 0) is 10.9 Å². The third-order valence-corrected chi connectivity index (χ3v) is 3.82. The van der Waals surface area contributed by atoms with Gasteiger partial charge in [0, 0.05) is 5.69 Å². The van der Waals surface area contributed by atoms with Crippen LogP contribution in [0.1, 0.15) is 45.0 Å². The maximum atomic E-state index is 12.5. The lowest BCUT2D eigenvalue weighted by Crippen LogP contribution is -2.25. The smallest absolute Gasteiger partial charge is 0.416 e. The molecule has 0 radical (unpaired) electrons. The number of ether oxygens (including phenoxy) is 1. The van der Waals surface area contributed by atoms with Crippen LogP contribution < -0.4 is 10.9 Å². The number of H-pyrrole nitrogens is 1. The van der Waals surface area contributed by atoms with Crippen molar-refractivity contribution >= 4 is 17.6 Å². The zero-order valence-corrected chi connectivity index (χ0v) is 13.1. The number of aromatic hydroxyl groups is 1. The van der Waals surface area contributed by atoms with Crippen LogP contribution in [0.5, 0.6) is 5.75 Å². The fourth-order valence-electron chi connectivity index (χ4n) is 2.59. The number of benzene rings is 1. The first-order valence-electron chi connectivity index (χ1n) is 7.28. The Hall–Kier alpha value is -3.30. The van der Waals surface area contributed by atoms with Crippen LogP contribution in [0.25, 0.3) is 0 Å². The van der Waals surface area contributed by atoms with Gasteiger partial charge in [-0.2, -0.15) is 13.2 Å². The number of hydrogen-bond acceptors (Lipinski definition) is 5. The average Bonchev–Trinajstić information content (AvgIpc) is 2.81. The first kappa shape index (κ1) is 17.5. The second-order valence-corrected chi connectivity index (χ2v) is 5.54. The number of hydrogen-bond donors (Lipinski definition) is 3. The Labute approximate surface area is 143 Å². The number of nitrogens with one attached hydrogen (secondary N) is 2. The van der Waals surface area contributed by atoms with Gasteiger partial charge in [-0.3, -0.25) is 9.59 Å². The highest BCUT2D eigenvalue weighted by molar-refractivity contribution is 6.07. The molecular formula is C16H11F3N2O5. The van der Waals surface area contributed by atoms with Gasteiger partial charge in [0.25, 0.3) is 11.5 Å². The van der Waals surface area contributed by atoms with Crippen LogP contribution in [0, 0.1) is 0 Å². The molecule has 136 valence electrons. The number of cyclic esters (lactones) is 1. The molecule has 1 aromatic carbocycles. The van der Waals surface area contributed by atoms with E-state index in [2.05, 4.69) is 10.3 Å². The molecule has 0 spiro atoms. The molecule has 1 amide bonds. The topological polar surface area (TPSA) is 108 Å². The summed E-state index contributed by atoms with van der Waals surface area (Å²) in [5.74, 6) is -2.60. The first-order chi connectivity index (χ1) is 12.1. The summed E-state index contributed by atoms with van der Waals surface area (Å²) in [5.41, 5.74) is -2.90. The molecule has 1 atom stereocenters. The van der Waals surface area contributed by atoms with E-state index in [9.17, 15) is 32.7 Å². The average molecular weight is 368 g/mol. The van der Waals surface area contributed by atoms with Crippen LogP contribution in [0.3, 0.4) is 0 Å². The van der Waals surface area contributed by atoms with Gasteiger partial charge in [-0.25, -0.2) is 4.79 Å². The third-order valence-electron chi connectivity index (χ3n) is 3.82. The van der Waals surface area contributed by atoms with Crippen molar-refractivity contribution < 1.29 is 32.6 Å². The van der Waals surface area contributed by atoms with Gasteiger partial charge in [-0.15, -0.1) is 0 Å². The fourth-order valence-corrected chi connectivity index (χ4v) is 2.59. The molecule has 0 saturated carbocycles. The molecule has 26 heavy (non-hydrogen) atoms. The van der Waals surface area contributed by atoms with Crippen molar-refractivity contribution in [1.82, 2.24) is 4.98 Å². The molecule has 1 aromatic heterocycles. The van der Waals surface area contributed by atoms with E-state index in [4.69, 9.17) is 4.74 Å². The number of anilines is 1. The van der Waals surface area contributed by atoms with Crippen LogP contribution in [-0.4, -0.2) is 22.0 Å². The largest absolute Gasteiger partial charge is 0.506 e. The molecule has 2 heterocycles. The molecule has 0 saturated heterocycles. The predicted octanol–water partition coefficient (Wildman–Crippen LogP) is 2.58. The van der Waals surface area contributed by atoms with Crippen molar-refractivity contribution in [3.63, 3.8) is 0 Å². The summed E-state index contributed by atoms with van der Waals surface area (Å²) in [6, 6.07) is 3.54. The van der Waals surface area contributed by atoms with Crippen molar-refractivity contribution in [2.75, 3.05) is 5.32 Å². The van der Waals surface area contributed by atoms with Gasteiger partial charge in [0.05, 0.1) is 11.1 Å². The highest BCUT2D eigenvalue weighted by Crippen LogP contribution is 2.36. The van der Waals surface area contributed by atoms with Gasteiger partial charge in [-0.05, 0) is 31.2 Å². The van der Waals surface area contributed by atoms with Crippen LogP contribution in [0.4, 0.5) is 18.9 Å².